The maximum absolute atomic E-state index is 11.5. The summed E-state index contributed by atoms with van der Waals surface area (Å²) in [5, 5.41) is 0.194. The fourth-order valence-electron chi connectivity index (χ4n) is 1.86. The molecule has 19 heavy (non-hydrogen) atoms. The quantitative estimate of drug-likeness (QED) is 0.825. The number of nitrogens with zero attached hydrogens (tertiary/aromatic N) is 1. The molecule has 1 fully saturated rings. The average Bonchev–Trinajstić information content (AvgIpc) is 2.47. The summed E-state index contributed by atoms with van der Waals surface area (Å²) in [5.74, 6) is -0.628. The third kappa shape index (κ3) is 2.36. The lowest BCUT2D eigenvalue weighted by molar-refractivity contribution is 0.00578. The minimum atomic E-state index is -0.710. The molecular formula is C12H16BClN2O3. The topological polar surface area (TPSA) is 74.4 Å². The van der Waals surface area contributed by atoms with Crippen LogP contribution in [0.5, 0.6) is 0 Å². The number of aromatic nitrogens is 1. The standard InChI is InChI=1S/C12H16BClN2O3/c1-11(2)12(3,4)19-13(18-11)7-5-16-6-8(14)9(7)10(15)17/h5-6H,1-4H3,(H2,15,17). The number of rotatable bonds is 2. The molecule has 1 aliphatic rings. The molecule has 0 spiro atoms. The number of hydrogen-bond acceptors (Lipinski definition) is 4. The molecule has 1 aromatic heterocycles. The van der Waals surface area contributed by atoms with Crippen LogP contribution in [0.2, 0.25) is 5.02 Å². The zero-order chi connectivity index (χ0) is 14.4. The second-order valence-corrected chi connectivity index (χ2v) is 5.95. The first-order valence-corrected chi connectivity index (χ1v) is 6.32. The molecule has 2 rings (SSSR count). The molecule has 0 radical (unpaired) electrons. The van der Waals surface area contributed by atoms with E-state index in [1.165, 1.54) is 12.4 Å². The van der Waals surface area contributed by atoms with Gasteiger partial charge in [-0.05, 0) is 27.7 Å². The van der Waals surface area contributed by atoms with Crippen LogP contribution in [-0.4, -0.2) is 29.2 Å². The van der Waals surface area contributed by atoms with Crippen LogP contribution in [0.3, 0.4) is 0 Å². The molecule has 2 N–H and O–H groups in total. The number of primary amides is 1. The molecule has 1 amide bonds. The van der Waals surface area contributed by atoms with Crippen molar-refractivity contribution in [3.05, 3.63) is 23.0 Å². The van der Waals surface area contributed by atoms with Crippen molar-refractivity contribution in [3.63, 3.8) is 0 Å². The zero-order valence-corrected chi connectivity index (χ0v) is 12.1. The molecule has 0 aromatic carbocycles. The minimum absolute atomic E-state index is 0.190. The highest BCUT2D eigenvalue weighted by atomic mass is 35.5. The van der Waals surface area contributed by atoms with E-state index in [0.717, 1.165) is 0 Å². The van der Waals surface area contributed by atoms with Gasteiger partial charge in [0.05, 0.1) is 21.8 Å². The maximum atomic E-state index is 11.5. The highest BCUT2D eigenvalue weighted by Gasteiger charge is 2.52. The van der Waals surface area contributed by atoms with Crippen LogP contribution < -0.4 is 11.2 Å². The Bertz CT molecular complexity index is 518. The van der Waals surface area contributed by atoms with Gasteiger partial charge >= 0.3 is 7.12 Å². The molecule has 0 unspecified atom stereocenters. The molecule has 0 bridgehead atoms. The van der Waals surface area contributed by atoms with Crippen LogP contribution in [-0.2, 0) is 9.31 Å². The summed E-state index contributed by atoms with van der Waals surface area (Å²) in [6.45, 7) is 7.70. The van der Waals surface area contributed by atoms with Gasteiger partial charge in [-0.1, -0.05) is 11.6 Å². The van der Waals surface area contributed by atoms with Gasteiger partial charge in [-0.25, -0.2) is 0 Å². The lowest BCUT2D eigenvalue weighted by Gasteiger charge is -2.32. The van der Waals surface area contributed by atoms with Crippen LogP contribution in [0.25, 0.3) is 0 Å². The number of pyridine rings is 1. The van der Waals surface area contributed by atoms with Crippen molar-refractivity contribution in [1.29, 1.82) is 0 Å². The van der Waals surface area contributed by atoms with Crippen LogP contribution in [0, 0.1) is 0 Å². The molecule has 7 heteroatoms. The molecule has 0 saturated carbocycles. The second kappa shape index (κ2) is 4.47. The lowest BCUT2D eigenvalue weighted by Crippen LogP contribution is -2.41. The van der Waals surface area contributed by atoms with E-state index >= 15 is 0 Å². The smallest absolute Gasteiger partial charge is 0.399 e. The first-order valence-electron chi connectivity index (χ1n) is 5.94. The molecule has 5 nitrogen and oxygen atoms in total. The Morgan fingerprint density at radius 2 is 1.79 bits per heavy atom. The third-order valence-electron chi connectivity index (χ3n) is 3.68. The SMILES string of the molecule is CC1(C)OB(c2cncc(Cl)c2C(N)=O)OC1(C)C. The summed E-state index contributed by atoms with van der Waals surface area (Å²) in [5.41, 5.74) is 4.99. The fraction of sp³-hybridized carbons (Fsp3) is 0.500. The minimum Gasteiger partial charge on any atom is -0.399 e. The number of carbonyl (C=O) groups excluding carboxylic acids is 1. The van der Waals surface area contributed by atoms with Gasteiger partial charge in [0.25, 0.3) is 0 Å². The van der Waals surface area contributed by atoms with E-state index < -0.39 is 24.2 Å². The number of hydrogen-bond donors (Lipinski definition) is 1. The largest absolute Gasteiger partial charge is 0.497 e. The molecule has 0 aliphatic carbocycles. The summed E-state index contributed by atoms with van der Waals surface area (Å²) in [6, 6.07) is 0. The Morgan fingerprint density at radius 3 is 2.26 bits per heavy atom. The summed E-state index contributed by atoms with van der Waals surface area (Å²) < 4.78 is 11.7. The summed E-state index contributed by atoms with van der Waals surface area (Å²) >= 11 is 5.97. The number of halogens is 1. The van der Waals surface area contributed by atoms with Gasteiger partial charge in [0, 0.05) is 17.9 Å². The first kappa shape index (κ1) is 14.3. The Hall–Kier alpha value is -1.11. The number of amides is 1. The van der Waals surface area contributed by atoms with E-state index in [-0.39, 0.29) is 10.6 Å². The van der Waals surface area contributed by atoms with E-state index in [1.807, 2.05) is 27.7 Å². The van der Waals surface area contributed by atoms with Crippen LogP contribution in [0.1, 0.15) is 38.1 Å². The highest BCUT2D eigenvalue weighted by Crippen LogP contribution is 2.36. The Kier molecular flexibility index (Phi) is 3.37. The van der Waals surface area contributed by atoms with Crippen molar-refractivity contribution in [3.8, 4) is 0 Å². The lowest BCUT2D eigenvalue weighted by atomic mass is 9.77. The van der Waals surface area contributed by atoms with Gasteiger partial charge in [0.2, 0.25) is 5.91 Å². The second-order valence-electron chi connectivity index (χ2n) is 5.54. The fourth-order valence-corrected chi connectivity index (χ4v) is 2.12. The van der Waals surface area contributed by atoms with Crippen LogP contribution in [0.15, 0.2) is 12.4 Å². The highest BCUT2D eigenvalue weighted by molar-refractivity contribution is 6.64. The van der Waals surface area contributed by atoms with Crippen molar-refractivity contribution in [2.45, 2.75) is 38.9 Å². The molecule has 1 aromatic rings. The summed E-state index contributed by atoms with van der Waals surface area (Å²) in [4.78, 5) is 15.5. The van der Waals surface area contributed by atoms with Crippen molar-refractivity contribution in [2.24, 2.45) is 5.73 Å². The van der Waals surface area contributed by atoms with Crippen LogP contribution in [0.4, 0.5) is 0 Å². The third-order valence-corrected chi connectivity index (χ3v) is 3.97. The molecule has 102 valence electrons. The van der Waals surface area contributed by atoms with E-state index in [2.05, 4.69) is 4.98 Å². The van der Waals surface area contributed by atoms with Crippen molar-refractivity contribution < 1.29 is 14.1 Å². The van der Waals surface area contributed by atoms with Gasteiger partial charge < -0.3 is 15.0 Å². The predicted molar refractivity (Wildman–Crippen MR) is 73.5 cm³/mol. The molecular weight excluding hydrogens is 266 g/mol. The zero-order valence-electron chi connectivity index (χ0n) is 11.4. The van der Waals surface area contributed by atoms with Crippen molar-refractivity contribution in [1.82, 2.24) is 4.98 Å². The predicted octanol–water partition coefficient (Wildman–Crippen LogP) is 1.13. The maximum Gasteiger partial charge on any atom is 0.497 e. The van der Waals surface area contributed by atoms with E-state index in [0.29, 0.717) is 5.46 Å². The van der Waals surface area contributed by atoms with Gasteiger partial charge in [0.15, 0.2) is 0 Å². The van der Waals surface area contributed by atoms with E-state index in [1.54, 1.807) is 0 Å². The van der Waals surface area contributed by atoms with Gasteiger partial charge in [-0.2, -0.15) is 0 Å². The molecule has 1 saturated heterocycles. The summed E-state index contributed by atoms with van der Waals surface area (Å²) in [6.07, 6.45) is 2.87. The molecule has 0 atom stereocenters. The summed E-state index contributed by atoms with van der Waals surface area (Å²) in [7, 11) is -0.710. The molecule has 2 heterocycles. The normalized spacial score (nSPS) is 20.6. The van der Waals surface area contributed by atoms with Crippen molar-refractivity contribution >= 4 is 30.1 Å². The molecule has 1 aliphatic heterocycles. The average molecular weight is 283 g/mol. The van der Waals surface area contributed by atoms with Gasteiger partial charge in [-0.3, -0.25) is 9.78 Å². The Labute approximate surface area is 117 Å². The van der Waals surface area contributed by atoms with Crippen LogP contribution >= 0.6 is 11.6 Å². The van der Waals surface area contributed by atoms with E-state index in [4.69, 9.17) is 26.6 Å². The van der Waals surface area contributed by atoms with Gasteiger partial charge in [0.1, 0.15) is 0 Å². The Balaban J connectivity index is 2.46. The number of nitrogens with two attached hydrogens (primary N) is 1. The first-order chi connectivity index (χ1) is 8.66. The monoisotopic (exact) mass is 282 g/mol. The Morgan fingerprint density at radius 1 is 1.26 bits per heavy atom. The van der Waals surface area contributed by atoms with E-state index in [9.17, 15) is 4.79 Å². The van der Waals surface area contributed by atoms with Gasteiger partial charge in [-0.15, -0.1) is 0 Å². The van der Waals surface area contributed by atoms with Crippen molar-refractivity contribution in [2.75, 3.05) is 0 Å². The number of carbonyl (C=O) groups is 1.